The Kier molecular flexibility index (Phi) is 2.76. The van der Waals surface area contributed by atoms with E-state index in [0.717, 1.165) is 29.1 Å². The fourth-order valence-corrected chi connectivity index (χ4v) is 8.85. The van der Waals surface area contributed by atoms with Crippen LogP contribution in [0.1, 0.15) is 55.1 Å². The normalized spacial score (nSPS) is 36.2. The summed E-state index contributed by atoms with van der Waals surface area (Å²) in [5, 5.41) is 5.40. The molecule has 0 saturated heterocycles. The first-order chi connectivity index (χ1) is 12.7. The summed E-state index contributed by atoms with van der Waals surface area (Å²) in [4.78, 5) is 0. The molecule has 3 saturated carbocycles. The molecule has 2 heteroatoms. The second-order valence-corrected chi connectivity index (χ2v) is 10.9. The number of halogens is 2. The molecule has 0 amide bonds. The molecule has 0 N–H and O–H groups in total. The maximum absolute atomic E-state index is 3.96. The van der Waals surface area contributed by atoms with Crippen molar-refractivity contribution in [3.63, 3.8) is 0 Å². The second-order valence-electron chi connectivity index (χ2n) is 9.34. The average molecular weight is 468 g/mol. The summed E-state index contributed by atoms with van der Waals surface area (Å²) in [7, 11) is 0. The first kappa shape index (κ1) is 15.1. The Labute approximate surface area is 170 Å². The van der Waals surface area contributed by atoms with Crippen LogP contribution < -0.4 is 0 Å². The second kappa shape index (κ2) is 4.75. The molecule has 4 aliphatic carbocycles. The highest BCUT2D eigenvalue weighted by atomic mass is 79.9. The van der Waals surface area contributed by atoms with E-state index in [0.29, 0.717) is 0 Å². The molecule has 4 aliphatic rings. The van der Waals surface area contributed by atoms with Crippen molar-refractivity contribution in [2.24, 2.45) is 17.3 Å². The molecule has 3 bridgehead atoms. The lowest BCUT2D eigenvalue weighted by atomic mass is 9.56. The molecular formula is C24H20Br2. The van der Waals surface area contributed by atoms with E-state index in [2.05, 4.69) is 68.3 Å². The molecule has 3 fully saturated rings. The molecule has 26 heavy (non-hydrogen) atoms. The van der Waals surface area contributed by atoms with Gasteiger partial charge in [-0.1, -0.05) is 24.3 Å². The molecule has 0 radical (unpaired) electrons. The Balaban J connectivity index is 1.58. The van der Waals surface area contributed by atoms with Crippen LogP contribution in [0.3, 0.4) is 0 Å². The van der Waals surface area contributed by atoms with Gasteiger partial charge in [-0.15, -0.1) is 0 Å². The first-order valence-corrected chi connectivity index (χ1v) is 11.6. The summed E-state index contributed by atoms with van der Waals surface area (Å²) in [5.41, 5.74) is 4.12. The Morgan fingerprint density at radius 3 is 1.69 bits per heavy atom. The van der Waals surface area contributed by atoms with E-state index in [1.807, 2.05) is 0 Å². The molecule has 0 nitrogen and oxygen atoms in total. The lowest BCUT2D eigenvalue weighted by molar-refractivity contribution is 0.00322. The zero-order valence-electron chi connectivity index (χ0n) is 14.6. The zero-order chi connectivity index (χ0) is 17.2. The van der Waals surface area contributed by atoms with Crippen molar-refractivity contribution in [3.8, 4) is 0 Å². The highest BCUT2D eigenvalue weighted by molar-refractivity contribution is 9.11. The van der Waals surface area contributed by atoms with Gasteiger partial charge in [-0.2, -0.15) is 0 Å². The van der Waals surface area contributed by atoms with Gasteiger partial charge in [-0.25, -0.2) is 0 Å². The summed E-state index contributed by atoms with van der Waals surface area (Å²) < 4.78 is 2.53. The van der Waals surface area contributed by atoms with Gasteiger partial charge >= 0.3 is 0 Å². The topological polar surface area (TPSA) is 0 Å². The van der Waals surface area contributed by atoms with Gasteiger partial charge in [0.25, 0.3) is 0 Å². The van der Waals surface area contributed by atoms with E-state index in [1.165, 1.54) is 62.6 Å². The van der Waals surface area contributed by atoms with E-state index >= 15 is 0 Å². The lowest BCUT2D eigenvalue weighted by Gasteiger charge is -2.48. The van der Waals surface area contributed by atoms with Crippen LogP contribution >= 0.6 is 31.9 Å². The smallest absolute Gasteiger partial charge is 0.0333 e. The van der Waals surface area contributed by atoms with Gasteiger partial charge in [0.15, 0.2) is 0 Å². The van der Waals surface area contributed by atoms with E-state index in [9.17, 15) is 0 Å². The van der Waals surface area contributed by atoms with Crippen molar-refractivity contribution in [2.45, 2.75) is 43.9 Å². The molecule has 4 atom stereocenters. The quantitative estimate of drug-likeness (QED) is 0.294. The number of benzene rings is 3. The average Bonchev–Trinajstić information content (AvgIpc) is 3.08. The van der Waals surface area contributed by atoms with Crippen LogP contribution in [0.25, 0.3) is 21.5 Å². The summed E-state index contributed by atoms with van der Waals surface area (Å²) in [5.74, 6) is 3.70. The van der Waals surface area contributed by atoms with Crippen molar-refractivity contribution in [1.82, 2.24) is 0 Å². The summed E-state index contributed by atoms with van der Waals surface area (Å²) in [6, 6.07) is 13.9. The van der Waals surface area contributed by atoms with Crippen LogP contribution in [-0.4, -0.2) is 0 Å². The highest BCUT2D eigenvalue weighted by Gasteiger charge is 2.65. The Morgan fingerprint density at radius 1 is 0.692 bits per heavy atom. The fraction of sp³-hybridized carbons (Fsp3) is 0.417. The van der Waals surface area contributed by atoms with Crippen LogP contribution in [-0.2, 0) is 0 Å². The largest absolute Gasteiger partial charge is 0.0616 e. The predicted octanol–water partition coefficient (Wildman–Crippen LogP) is 7.91. The Bertz CT molecular complexity index is 1040. The Morgan fingerprint density at radius 2 is 1.19 bits per heavy atom. The van der Waals surface area contributed by atoms with E-state index in [1.54, 1.807) is 11.1 Å². The van der Waals surface area contributed by atoms with E-state index in [-0.39, 0.29) is 0 Å². The minimum absolute atomic E-state index is 0.736. The predicted molar refractivity (Wildman–Crippen MR) is 115 cm³/mol. The van der Waals surface area contributed by atoms with Crippen LogP contribution in [0, 0.1) is 17.3 Å². The molecule has 0 heterocycles. The summed E-state index contributed by atoms with van der Waals surface area (Å²) >= 11 is 7.91. The van der Waals surface area contributed by atoms with Crippen LogP contribution in [0.15, 0.2) is 45.3 Å². The third-order valence-electron chi connectivity index (χ3n) is 8.56. The van der Waals surface area contributed by atoms with Gasteiger partial charge in [-0.05, 0) is 138 Å². The SMILES string of the molecule is Brc1c2ccccc2c(Br)c2cc3c(cc12)C1CC2CC4CC3CC24C1. The maximum atomic E-state index is 3.96. The minimum atomic E-state index is 0.736. The van der Waals surface area contributed by atoms with Crippen molar-refractivity contribution >= 4 is 53.4 Å². The van der Waals surface area contributed by atoms with Crippen LogP contribution in [0.5, 0.6) is 0 Å². The monoisotopic (exact) mass is 466 g/mol. The first-order valence-electron chi connectivity index (χ1n) is 9.99. The maximum Gasteiger partial charge on any atom is 0.0333 e. The third-order valence-corrected chi connectivity index (χ3v) is 10.3. The summed E-state index contributed by atoms with van der Waals surface area (Å²) in [6.07, 6.45) is 7.38. The van der Waals surface area contributed by atoms with Crippen LogP contribution in [0.4, 0.5) is 0 Å². The van der Waals surface area contributed by atoms with E-state index < -0.39 is 0 Å². The molecule has 4 unspecified atom stereocenters. The molecule has 7 rings (SSSR count). The molecule has 130 valence electrons. The number of hydrogen-bond acceptors (Lipinski definition) is 0. The van der Waals surface area contributed by atoms with Crippen LogP contribution in [0.2, 0.25) is 0 Å². The molecule has 0 aromatic heterocycles. The van der Waals surface area contributed by atoms with Gasteiger partial charge in [0.2, 0.25) is 0 Å². The van der Waals surface area contributed by atoms with Gasteiger partial charge in [-0.3, -0.25) is 0 Å². The summed E-state index contributed by atoms with van der Waals surface area (Å²) in [6.45, 7) is 0. The minimum Gasteiger partial charge on any atom is -0.0616 e. The van der Waals surface area contributed by atoms with Gasteiger partial charge < -0.3 is 0 Å². The number of rotatable bonds is 0. The van der Waals surface area contributed by atoms with Crippen molar-refractivity contribution in [1.29, 1.82) is 0 Å². The fourth-order valence-electron chi connectivity index (χ4n) is 7.50. The van der Waals surface area contributed by atoms with Gasteiger partial charge in [0.1, 0.15) is 0 Å². The highest BCUT2D eigenvalue weighted by Crippen LogP contribution is 2.76. The standard InChI is InChI=1S/C24H20Br2/c25-22-16-3-1-2-4-17(16)23(26)21-9-19-13-6-15-7-14-5-12(10-24(14,15)11-13)18(19)8-20(21)22/h1-4,8-9,12-15H,5-7,10-11H2. The Hall–Kier alpha value is -0.860. The molecule has 0 aliphatic heterocycles. The molecular weight excluding hydrogens is 448 g/mol. The van der Waals surface area contributed by atoms with Crippen molar-refractivity contribution in [2.75, 3.05) is 0 Å². The lowest BCUT2D eigenvalue weighted by Crippen LogP contribution is -2.41. The molecule has 3 aromatic carbocycles. The third kappa shape index (κ3) is 1.60. The molecule has 3 aromatic rings. The number of hydrogen-bond donors (Lipinski definition) is 0. The van der Waals surface area contributed by atoms with Gasteiger partial charge in [0, 0.05) is 8.95 Å². The van der Waals surface area contributed by atoms with Crippen molar-refractivity contribution in [3.05, 3.63) is 56.5 Å². The van der Waals surface area contributed by atoms with E-state index in [4.69, 9.17) is 0 Å². The van der Waals surface area contributed by atoms with Crippen molar-refractivity contribution < 1.29 is 0 Å². The van der Waals surface area contributed by atoms with Gasteiger partial charge in [0.05, 0.1) is 0 Å². The zero-order valence-corrected chi connectivity index (χ0v) is 17.7. The molecule has 1 spiro atoms. The number of fused-ring (bicyclic) bond motifs is 7.